The number of nitrogens with one attached hydrogen (secondary N) is 1. The molecule has 0 fully saturated rings. The summed E-state index contributed by atoms with van der Waals surface area (Å²) in [5.41, 5.74) is 2.46. The van der Waals surface area contributed by atoms with Crippen molar-refractivity contribution in [2.24, 2.45) is 0 Å². The summed E-state index contributed by atoms with van der Waals surface area (Å²) in [5, 5.41) is 17.1. The summed E-state index contributed by atoms with van der Waals surface area (Å²) < 4.78 is 7.36. The van der Waals surface area contributed by atoms with Gasteiger partial charge in [-0.05, 0) is 36.4 Å². The number of para-hydroxylation sites is 1. The number of nitro groups is 1. The predicted octanol–water partition coefficient (Wildman–Crippen LogP) is 3.50. The Hall–Kier alpha value is -4.67. The van der Waals surface area contributed by atoms with Crippen LogP contribution in [-0.2, 0) is 0 Å². The van der Waals surface area contributed by atoms with Crippen LogP contribution in [0, 0.1) is 10.1 Å². The molecule has 0 atom stereocenters. The molecule has 5 rings (SSSR count). The lowest BCUT2D eigenvalue weighted by molar-refractivity contribution is -0.445. The zero-order valence-electron chi connectivity index (χ0n) is 16.3. The lowest BCUT2D eigenvalue weighted by atomic mass is 10.2. The van der Waals surface area contributed by atoms with Gasteiger partial charge in [-0.3, -0.25) is 10.1 Å². The van der Waals surface area contributed by atoms with E-state index in [9.17, 15) is 0 Å². The molecule has 2 aromatic carbocycles. The molecule has 0 aliphatic carbocycles. The molecule has 0 aliphatic rings. The standard InChI is InChI=1S/C19H13N7O.CH3NO2/c1-2-4-16-15(3-1)19(22-10-20-16)25-13-5-7-14(8-6-13)27-18-9-17-21-11-24-26(17)12-23-18;1-2(3)4/h1-12H,(H,20,22,25);1H3. The number of fused-ring (bicyclic) bond motifs is 2. The second-order valence-corrected chi connectivity index (χ2v) is 6.22. The van der Waals surface area contributed by atoms with Crippen LogP contribution >= 0.6 is 0 Å². The molecule has 0 saturated heterocycles. The summed E-state index contributed by atoms with van der Waals surface area (Å²) in [6.07, 6.45) is 4.58. The van der Waals surface area contributed by atoms with Crippen LogP contribution in [0.5, 0.6) is 11.6 Å². The third-order valence-electron chi connectivity index (χ3n) is 4.03. The Kier molecular flexibility index (Phi) is 5.56. The van der Waals surface area contributed by atoms with Crippen LogP contribution in [0.2, 0.25) is 0 Å². The minimum absolute atomic E-state index is 0.456. The highest BCUT2D eigenvalue weighted by Crippen LogP contribution is 2.25. The van der Waals surface area contributed by atoms with E-state index >= 15 is 0 Å². The lowest BCUT2D eigenvalue weighted by Crippen LogP contribution is -1.96. The van der Waals surface area contributed by atoms with Gasteiger partial charge in [0.25, 0.3) is 0 Å². The third kappa shape index (κ3) is 4.85. The van der Waals surface area contributed by atoms with Crippen LogP contribution in [0.25, 0.3) is 16.6 Å². The Morgan fingerprint density at radius 3 is 2.58 bits per heavy atom. The van der Waals surface area contributed by atoms with Crippen molar-refractivity contribution in [2.45, 2.75) is 0 Å². The Bertz CT molecular complexity index is 1330. The van der Waals surface area contributed by atoms with Crippen molar-refractivity contribution in [1.82, 2.24) is 29.5 Å². The first kappa shape index (κ1) is 19.6. The van der Waals surface area contributed by atoms with Gasteiger partial charge in [0, 0.05) is 22.1 Å². The van der Waals surface area contributed by atoms with Crippen molar-refractivity contribution in [3.05, 3.63) is 83.7 Å². The molecule has 5 aromatic rings. The van der Waals surface area contributed by atoms with E-state index in [1.807, 2.05) is 48.5 Å². The molecular weight excluding hydrogens is 400 g/mol. The van der Waals surface area contributed by atoms with Crippen molar-refractivity contribution in [3.63, 3.8) is 0 Å². The molecule has 0 radical (unpaired) electrons. The fraction of sp³-hybridized carbons (Fsp3) is 0.0500. The molecule has 0 aliphatic heterocycles. The quantitative estimate of drug-likeness (QED) is 0.345. The number of anilines is 2. The Morgan fingerprint density at radius 1 is 1.00 bits per heavy atom. The summed E-state index contributed by atoms with van der Waals surface area (Å²) in [5.74, 6) is 1.88. The molecule has 154 valence electrons. The zero-order valence-corrected chi connectivity index (χ0v) is 16.3. The third-order valence-corrected chi connectivity index (χ3v) is 4.03. The van der Waals surface area contributed by atoms with Crippen LogP contribution in [0.4, 0.5) is 11.5 Å². The monoisotopic (exact) mass is 416 g/mol. The van der Waals surface area contributed by atoms with Gasteiger partial charge >= 0.3 is 0 Å². The number of nitrogens with zero attached hydrogens (tertiary/aromatic N) is 7. The molecular formula is C20H16N8O3. The van der Waals surface area contributed by atoms with Crippen molar-refractivity contribution in [3.8, 4) is 11.6 Å². The van der Waals surface area contributed by atoms with Crippen molar-refractivity contribution in [2.75, 3.05) is 12.4 Å². The normalized spacial score (nSPS) is 10.4. The van der Waals surface area contributed by atoms with Crippen molar-refractivity contribution >= 4 is 28.1 Å². The van der Waals surface area contributed by atoms with Gasteiger partial charge in [-0.1, -0.05) is 12.1 Å². The van der Waals surface area contributed by atoms with Gasteiger partial charge in [0.2, 0.25) is 5.88 Å². The molecule has 11 nitrogen and oxygen atoms in total. The number of ether oxygens (including phenoxy) is 1. The summed E-state index contributed by atoms with van der Waals surface area (Å²) >= 11 is 0. The van der Waals surface area contributed by atoms with Gasteiger partial charge in [-0.15, -0.1) is 0 Å². The van der Waals surface area contributed by atoms with E-state index in [0.717, 1.165) is 29.5 Å². The summed E-state index contributed by atoms with van der Waals surface area (Å²) in [4.78, 5) is 25.2. The maximum absolute atomic E-state index is 8.81. The molecule has 0 unspecified atom stereocenters. The Balaban J connectivity index is 0.000000535. The van der Waals surface area contributed by atoms with E-state index in [1.54, 1.807) is 23.2 Å². The van der Waals surface area contributed by atoms with Gasteiger partial charge in [0.15, 0.2) is 12.7 Å². The number of hydrogen-bond acceptors (Lipinski definition) is 9. The van der Waals surface area contributed by atoms with E-state index in [0.29, 0.717) is 17.3 Å². The van der Waals surface area contributed by atoms with E-state index in [1.165, 1.54) is 6.33 Å². The average molecular weight is 416 g/mol. The maximum Gasteiger partial charge on any atom is 0.224 e. The second kappa shape index (κ2) is 8.78. The summed E-state index contributed by atoms with van der Waals surface area (Å²) in [7, 11) is 0.889. The number of hydrogen-bond donors (Lipinski definition) is 1. The van der Waals surface area contributed by atoms with E-state index < -0.39 is 4.92 Å². The smallest absolute Gasteiger partial charge is 0.224 e. The average Bonchev–Trinajstić information content (AvgIpc) is 3.23. The van der Waals surface area contributed by atoms with E-state index in [2.05, 4.69) is 30.4 Å². The highest BCUT2D eigenvalue weighted by atomic mass is 16.6. The minimum atomic E-state index is -0.500. The van der Waals surface area contributed by atoms with Crippen LogP contribution in [-0.4, -0.2) is 41.5 Å². The maximum atomic E-state index is 8.81. The van der Waals surface area contributed by atoms with Crippen LogP contribution < -0.4 is 10.1 Å². The number of benzene rings is 2. The minimum Gasteiger partial charge on any atom is -0.439 e. The first-order valence-corrected chi connectivity index (χ1v) is 9.06. The van der Waals surface area contributed by atoms with Gasteiger partial charge in [0.05, 0.1) is 5.52 Å². The first-order valence-electron chi connectivity index (χ1n) is 9.06. The highest BCUT2D eigenvalue weighted by Gasteiger charge is 2.05. The molecule has 31 heavy (non-hydrogen) atoms. The van der Waals surface area contributed by atoms with E-state index in [4.69, 9.17) is 14.9 Å². The van der Waals surface area contributed by atoms with Gasteiger partial charge in [0.1, 0.15) is 30.5 Å². The predicted molar refractivity (Wildman–Crippen MR) is 113 cm³/mol. The molecule has 11 heteroatoms. The summed E-state index contributed by atoms with van der Waals surface area (Å²) in [6.45, 7) is 0. The molecule has 0 saturated carbocycles. The number of aromatic nitrogens is 6. The molecule has 0 spiro atoms. The molecule has 3 heterocycles. The van der Waals surface area contributed by atoms with Gasteiger partial charge < -0.3 is 10.1 Å². The molecule has 0 bridgehead atoms. The van der Waals surface area contributed by atoms with E-state index in [-0.39, 0.29) is 0 Å². The van der Waals surface area contributed by atoms with Crippen LogP contribution in [0.3, 0.4) is 0 Å². The van der Waals surface area contributed by atoms with Crippen molar-refractivity contribution < 1.29 is 9.66 Å². The van der Waals surface area contributed by atoms with Crippen LogP contribution in [0.1, 0.15) is 0 Å². The molecule has 0 amide bonds. The largest absolute Gasteiger partial charge is 0.439 e. The van der Waals surface area contributed by atoms with Gasteiger partial charge in [-0.2, -0.15) is 5.10 Å². The Labute approximate surface area is 175 Å². The lowest BCUT2D eigenvalue weighted by Gasteiger charge is -2.09. The fourth-order valence-corrected chi connectivity index (χ4v) is 2.73. The van der Waals surface area contributed by atoms with Gasteiger partial charge in [-0.25, -0.2) is 24.5 Å². The fourth-order valence-electron chi connectivity index (χ4n) is 2.73. The van der Waals surface area contributed by atoms with Crippen LogP contribution in [0.15, 0.2) is 73.6 Å². The molecule has 1 N–H and O–H groups in total. The number of rotatable bonds is 4. The second-order valence-electron chi connectivity index (χ2n) is 6.22. The highest BCUT2D eigenvalue weighted by molar-refractivity contribution is 5.90. The SMILES string of the molecule is C[N+](=O)[O-].c1ccc2c(Nc3ccc(Oc4cc5ncnn5cn4)cc3)ncnc2c1. The Morgan fingerprint density at radius 2 is 1.77 bits per heavy atom. The summed E-state index contributed by atoms with van der Waals surface area (Å²) in [6, 6.07) is 17.2. The first-order chi connectivity index (χ1) is 15.1. The molecule has 3 aromatic heterocycles. The zero-order chi connectivity index (χ0) is 21.6. The topological polar surface area (TPSA) is 133 Å². The van der Waals surface area contributed by atoms with Crippen molar-refractivity contribution in [1.29, 1.82) is 0 Å².